The maximum Gasteiger partial charge on any atom is 0.623 e. The summed E-state index contributed by atoms with van der Waals surface area (Å²) in [6.45, 7) is 5.20. The lowest BCUT2D eigenvalue weighted by atomic mass is 9.73. The second-order valence-corrected chi connectivity index (χ2v) is 9.62. The Morgan fingerprint density at radius 2 is 1.70 bits per heavy atom. The fourth-order valence-corrected chi connectivity index (χ4v) is 3.76. The summed E-state index contributed by atoms with van der Waals surface area (Å²) in [6.07, 6.45) is 4.06. The summed E-state index contributed by atoms with van der Waals surface area (Å²) < 4.78 is 10.8. The van der Waals surface area contributed by atoms with Gasteiger partial charge in [0.1, 0.15) is 17.5 Å². The third-order valence-corrected chi connectivity index (χ3v) is 5.67. The Hall–Kier alpha value is -4.29. The van der Waals surface area contributed by atoms with Gasteiger partial charge in [-0.3, -0.25) is 19.4 Å². The van der Waals surface area contributed by atoms with E-state index in [1.165, 1.54) is 32.6 Å². The van der Waals surface area contributed by atoms with Gasteiger partial charge in [-0.2, -0.15) is 0 Å². The molecule has 2 aromatic rings. The van der Waals surface area contributed by atoms with Crippen molar-refractivity contribution in [3.63, 3.8) is 0 Å². The Morgan fingerprint density at radius 3 is 2.30 bits per heavy atom. The minimum atomic E-state index is -1.45. The molecule has 1 heterocycles. The Labute approximate surface area is 234 Å². The van der Waals surface area contributed by atoms with Crippen molar-refractivity contribution in [2.45, 2.75) is 64.9 Å². The highest BCUT2D eigenvalue weighted by atomic mass is 16.6. The average molecular weight is 553 g/mol. The molecule has 1 aromatic heterocycles. The molecule has 12 nitrogen and oxygen atoms in total. The van der Waals surface area contributed by atoms with Crippen molar-refractivity contribution >= 4 is 36.8 Å². The standard InChI is InChI=1S/C27H36BN5O7/c1-18(2)15-23(28(40-27(38)29-4)39-24(35)12-8-9-19(3)34)33-25(36)21(16-20-10-6-5-7-11-20)32-26(37)22-17-30-13-14-31-22/h5-7,10-11,13-14,17-18,21,23H,8-9,12,15-16H2,1-4H3,(H,29,38)(H,32,37)(H,33,36)/t21-,23-/m0/s1. The highest BCUT2D eigenvalue weighted by molar-refractivity contribution is 6.51. The van der Waals surface area contributed by atoms with Gasteiger partial charge in [0.05, 0.1) is 12.1 Å². The highest BCUT2D eigenvalue weighted by Gasteiger charge is 2.40. The number of Topliss-reactive ketones (excluding diaryl/α,β-unsaturated/α-hetero) is 1. The van der Waals surface area contributed by atoms with Crippen molar-refractivity contribution in [1.29, 1.82) is 0 Å². The first kappa shape index (κ1) is 31.9. The van der Waals surface area contributed by atoms with E-state index in [-0.39, 0.29) is 49.5 Å². The van der Waals surface area contributed by atoms with E-state index in [0.29, 0.717) is 0 Å². The summed E-state index contributed by atoms with van der Waals surface area (Å²) in [5.41, 5.74) is 0.824. The van der Waals surface area contributed by atoms with Gasteiger partial charge < -0.3 is 30.1 Å². The molecule has 2 atom stereocenters. The van der Waals surface area contributed by atoms with Gasteiger partial charge in [0.15, 0.2) is 0 Å². The predicted octanol–water partition coefficient (Wildman–Crippen LogP) is 2.03. The third kappa shape index (κ3) is 11.6. The molecule has 0 aliphatic heterocycles. The van der Waals surface area contributed by atoms with E-state index >= 15 is 0 Å². The molecule has 214 valence electrons. The van der Waals surface area contributed by atoms with Crippen molar-refractivity contribution in [3.05, 3.63) is 60.2 Å². The molecule has 0 bridgehead atoms. The lowest BCUT2D eigenvalue weighted by molar-refractivity contribution is -0.136. The van der Waals surface area contributed by atoms with Gasteiger partial charge in [0, 0.05) is 38.7 Å². The van der Waals surface area contributed by atoms with E-state index in [1.54, 1.807) is 0 Å². The van der Waals surface area contributed by atoms with E-state index in [4.69, 9.17) is 9.31 Å². The van der Waals surface area contributed by atoms with Crippen molar-refractivity contribution in [2.75, 3.05) is 7.05 Å². The number of carbonyl (C=O) groups excluding carboxylic acids is 5. The number of hydrogen-bond acceptors (Lipinski definition) is 9. The number of ketones is 1. The lowest BCUT2D eigenvalue weighted by Crippen LogP contribution is -2.57. The number of nitrogens with zero attached hydrogens (tertiary/aromatic N) is 2. The Bertz CT molecular complexity index is 1130. The van der Waals surface area contributed by atoms with Crippen LogP contribution in [0.4, 0.5) is 4.79 Å². The molecule has 0 aliphatic rings. The smallest absolute Gasteiger partial charge is 0.498 e. The van der Waals surface area contributed by atoms with Crippen molar-refractivity contribution < 1.29 is 33.3 Å². The molecule has 1 aromatic carbocycles. The van der Waals surface area contributed by atoms with Crippen molar-refractivity contribution in [2.24, 2.45) is 5.92 Å². The quantitative estimate of drug-likeness (QED) is 0.280. The number of aromatic nitrogens is 2. The van der Waals surface area contributed by atoms with Gasteiger partial charge in [-0.15, -0.1) is 0 Å². The zero-order chi connectivity index (χ0) is 29.5. The molecule has 0 saturated heterocycles. The maximum atomic E-state index is 13.6. The number of nitrogens with one attached hydrogen (secondary N) is 3. The molecule has 2 rings (SSSR count). The SMILES string of the molecule is CNC(=O)OB(OC(=O)CCCC(C)=O)[C@H](CC(C)C)NC(=O)[C@H](Cc1ccccc1)NC(=O)c1cnccn1. The Balaban J connectivity index is 2.28. The van der Waals surface area contributed by atoms with E-state index < -0.39 is 43.0 Å². The van der Waals surface area contributed by atoms with E-state index in [0.717, 1.165) is 5.56 Å². The first-order valence-electron chi connectivity index (χ1n) is 13.1. The minimum absolute atomic E-state index is 0.000685. The first-order valence-corrected chi connectivity index (χ1v) is 13.1. The lowest BCUT2D eigenvalue weighted by Gasteiger charge is -2.27. The largest absolute Gasteiger partial charge is 0.623 e. The van der Waals surface area contributed by atoms with Crippen LogP contribution in [0.5, 0.6) is 0 Å². The molecule has 0 saturated carbocycles. The normalized spacial score (nSPS) is 12.0. The molecule has 0 radical (unpaired) electrons. The molecule has 40 heavy (non-hydrogen) atoms. The molecule has 0 aliphatic carbocycles. The van der Waals surface area contributed by atoms with Crippen molar-refractivity contribution in [3.8, 4) is 0 Å². The summed E-state index contributed by atoms with van der Waals surface area (Å²) in [5, 5.41) is 7.81. The molecule has 0 fully saturated rings. The summed E-state index contributed by atoms with van der Waals surface area (Å²) in [7, 11) is -0.105. The van der Waals surface area contributed by atoms with E-state index in [2.05, 4.69) is 25.9 Å². The topological polar surface area (TPSA) is 166 Å². The average Bonchev–Trinajstić information content (AvgIpc) is 2.92. The Kier molecular flexibility index (Phi) is 13.3. The summed E-state index contributed by atoms with van der Waals surface area (Å²) in [4.78, 5) is 70.2. The summed E-state index contributed by atoms with van der Waals surface area (Å²) in [6, 6.07) is 8.06. The molecule has 13 heteroatoms. The molecule has 0 unspecified atom stereocenters. The Morgan fingerprint density at radius 1 is 0.975 bits per heavy atom. The van der Waals surface area contributed by atoms with Crippen LogP contribution in [0.25, 0.3) is 0 Å². The number of carbonyl (C=O) groups is 5. The minimum Gasteiger partial charge on any atom is -0.498 e. The number of rotatable bonds is 15. The maximum absolute atomic E-state index is 13.6. The third-order valence-electron chi connectivity index (χ3n) is 5.67. The van der Waals surface area contributed by atoms with Gasteiger partial charge in [0.2, 0.25) is 5.91 Å². The van der Waals surface area contributed by atoms with E-state index in [1.807, 2.05) is 44.2 Å². The molecular weight excluding hydrogens is 517 g/mol. The number of amides is 3. The van der Waals surface area contributed by atoms with Gasteiger partial charge in [-0.25, -0.2) is 9.78 Å². The van der Waals surface area contributed by atoms with Gasteiger partial charge in [0.25, 0.3) is 11.9 Å². The zero-order valence-electron chi connectivity index (χ0n) is 23.2. The first-order chi connectivity index (χ1) is 19.1. The fourth-order valence-electron chi connectivity index (χ4n) is 3.76. The molecule has 0 spiro atoms. The van der Waals surface area contributed by atoms with Crippen molar-refractivity contribution in [1.82, 2.24) is 25.9 Å². The second-order valence-electron chi connectivity index (χ2n) is 9.62. The van der Waals surface area contributed by atoms with Crippen LogP contribution in [0.15, 0.2) is 48.9 Å². The fraction of sp³-hybridized carbons (Fsp3) is 0.444. The highest BCUT2D eigenvalue weighted by Crippen LogP contribution is 2.13. The summed E-state index contributed by atoms with van der Waals surface area (Å²) >= 11 is 0. The van der Waals surface area contributed by atoms with Crippen LogP contribution in [-0.4, -0.2) is 65.8 Å². The predicted molar refractivity (Wildman–Crippen MR) is 147 cm³/mol. The van der Waals surface area contributed by atoms with Crippen LogP contribution in [-0.2, 0) is 30.1 Å². The number of benzene rings is 1. The molecule has 3 N–H and O–H groups in total. The van der Waals surface area contributed by atoms with Crippen LogP contribution in [0.2, 0.25) is 0 Å². The molecule has 3 amide bonds. The van der Waals surface area contributed by atoms with Crippen LogP contribution >= 0.6 is 0 Å². The summed E-state index contributed by atoms with van der Waals surface area (Å²) in [5.74, 6) is -2.86. The van der Waals surface area contributed by atoms with Crippen LogP contribution in [0.1, 0.15) is 62.5 Å². The van der Waals surface area contributed by atoms with E-state index in [9.17, 15) is 24.0 Å². The van der Waals surface area contributed by atoms with Gasteiger partial charge in [-0.05, 0) is 31.2 Å². The second kappa shape index (κ2) is 16.6. The van der Waals surface area contributed by atoms with Gasteiger partial charge in [-0.1, -0.05) is 44.2 Å². The van der Waals surface area contributed by atoms with Crippen LogP contribution < -0.4 is 16.0 Å². The monoisotopic (exact) mass is 553 g/mol. The van der Waals surface area contributed by atoms with Crippen LogP contribution in [0, 0.1) is 5.92 Å². The van der Waals surface area contributed by atoms with Crippen LogP contribution in [0.3, 0.4) is 0 Å². The number of hydrogen-bond donors (Lipinski definition) is 3. The zero-order valence-corrected chi connectivity index (χ0v) is 23.2. The van der Waals surface area contributed by atoms with Gasteiger partial charge >= 0.3 is 13.2 Å². The molecular formula is C27H36BN5O7.